The first-order chi connectivity index (χ1) is 14.9. The number of ether oxygens (including phenoxy) is 2. The fourth-order valence-electron chi connectivity index (χ4n) is 3.92. The van der Waals surface area contributed by atoms with Gasteiger partial charge in [0.25, 0.3) is 0 Å². The van der Waals surface area contributed by atoms with Crippen molar-refractivity contribution in [3.63, 3.8) is 0 Å². The first-order valence-corrected chi connectivity index (χ1v) is 11.4. The summed E-state index contributed by atoms with van der Waals surface area (Å²) in [5, 5.41) is 0. The van der Waals surface area contributed by atoms with Gasteiger partial charge in [0, 0.05) is 0 Å². The minimum atomic E-state index is -3.93. The summed E-state index contributed by atoms with van der Waals surface area (Å²) in [5.74, 6) is 0.688. The monoisotopic (exact) mass is 435 g/mol. The Morgan fingerprint density at radius 3 is 2.26 bits per heavy atom. The average molecular weight is 436 g/mol. The minimum Gasteiger partial charge on any atom is -0.497 e. The molecule has 0 aliphatic carbocycles. The summed E-state index contributed by atoms with van der Waals surface area (Å²) < 4.78 is 40.8. The lowest BCUT2D eigenvalue weighted by Crippen LogP contribution is -2.46. The maximum Gasteiger partial charge on any atom is 0.246 e. The predicted octanol–water partition coefficient (Wildman–Crippen LogP) is 4.80. The molecule has 0 aromatic heterocycles. The van der Waals surface area contributed by atoms with Crippen LogP contribution in [0.2, 0.25) is 0 Å². The quantitative estimate of drug-likeness (QED) is 0.522. The molecule has 0 saturated carbocycles. The van der Waals surface area contributed by atoms with Crippen molar-refractivity contribution in [2.75, 3.05) is 13.7 Å². The summed E-state index contributed by atoms with van der Waals surface area (Å²) in [7, 11) is -2.34. The first-order valence-electron chi connectivity index (χ1n) is 9.98. The number of nitrogens with zero attached hydrogens (tertiary/aromatic N) is 1. The molecule has 3 aromatic rings. The Labute approximate surface area is 183 Å². The largest absolute Gasteiger partial charge is 0.497 e. The first kappa shape index (κ1) is 21.3. The second kappa shape index (κ2) is 8.30. The maximum atomic E-state index is 14.0. The van der Waals surface area contributed by atoms with E-state index in [1.807, 2.05) is 49.4 Å². The Bertz CT molecular complexity index is 1160. The van der Waals surface area contributed by atoms with Crippen LogP contribution >= 0.6 is 0 Å². The van der Waals surface area contributed by atoms with Gasteiger partial charge in [-0.2, -0.15) is 0 Å². The van der Waals surface area contributed by atoms with E-state index in [9.17, 15) is 8.42 Å². The van der Waals surface area contributed by atoms with Crippen LogP contribution in [0.1, 0.15) is 22.9 Å². The lowest BCUT2D eigenvalue weighted by atomic mass is 9.91. The molecule has 1 aliphatic rings. The summed E-state index contributed by atoms with van der Waals surface area (Å²) in [6.07, 6.45) is 0.854. The van der Waals surface area contributed by atoms with Gasteiger partial charge in [-0.05, 0) is 42.3 Å². The molecule has 0 N–H and O–H groups in total. The van der Waals surface area contributed by atoms with Crippen LogP contribution in [0.15, 0.2) is 96.4 Å². The number of sulfonamides is 1. The molecule has 0 amide bonds. The van der Waals surface area contributed by atoms with Crippen LogP contribution in [0.3, 0.4) is 0 Å². The zero-order chi connectivity index (χ0) is 22.1. The van der Waals surface area contributed by atoms with Crippen molar-refractivity contribution in [3.05, 3.63) is 108 Å². The van der Waals surface area contributed by atoms with E-state index < -0.39 is 21.8 Å². The third-order valence-electron chi connectivity index (χ3n) is 5.66. The van der Waals surface area contributed by atoms with Crippen LogP contribution in [0, 0.1) is 6.92 Å². The van der Waals surface area contributed by atoms with Crippen molar-refractivity contribution in [2.45, 2.75) is 23.6 Å². The molecule has 31 heavy (non-hydrogen) atoms. The molecule has 0 bridgehead atoms. The highest BCUT2D eigenvalue weighted by Crippen LogP contribution is 2.47. The highest BCUT2D eigenvalue weighted by Gasteiger charge is 2.53. The molecule has 4 rings (SSSR count). The van der Waals surface area contributed by atoms with Crippen molar-refractivity contribution in [3.8, 4) is 5.75 Å². The molecule has 1 heterocycles. The number of aryl methyl sites for hydroxylation is 1. The molecule has 3 aromatic carbocycles. The Balaban J connectivity index is 1.90. The van der Waals surface area contributed by atoms with Gasteiger partial charge in [-0.1, -0.05) is 66.2 Å². The van der Waals surface area contributed by atoms with Gasteiger partial charge in [-0.15, -0.1) is 10.9 Å². The molecule has 2 atom stereocenters. The fraction of sp³-hybridized carbons (Fsp3) is 0.200. The number of hydrogen-bond donors (Lipinski definition) is 0. The van der Waals surface area contributed by atoms with Crippen LogP contribution in [0.25, 0.3) is 0 Å². The smallest absolute Gasteiger partial charge is 0.246 e. The summed E-state index contributed by atoms with van der Waals surface area (Å²) in [6, 6.07) is 23.6. The average Bonchev–Trinajstić information content (AvgIpc) is 3.22. The number of hydrogen-bond acceptors (Lipinski definition) is 4. The summed E-state index contributed by atoms with van der Waals surface area (Å²) in [5.41, 5.74) is 1.46. The van der Waals surface area contributed by atoms with E-state index in [2.05, 4.69) is 6.58 Å². The van der Waals surface area contributed by atoms with E-state index in [4.69, 9.17) is 9.47 Å². The van der Waals surface area contributed by atoms with Crippen LogP contribution in [-0.4, -0.2) is 26.4 Å². The van der Waals surface area contributed by atoms with Crippen molar-refractivity contribution >= 4 is 10.0 Å². The fourth-order valence-corrected chi connectivity index (χ4v) is 5.72. The highest BCUT2D eigenvalue weighted by molar-refractivity contribution is 7.89. The minimum absolute atomic E-state index is 0.155. The van der Waals surface area contributed by atoms with Gasteiger partial charge in [-0.3, -0.25) is 0 Å². The summed E-state index contributed by atoms with van der Waals surface area (Å²) in [4.78, 5) is 0.212. The zero-order valence-corrected chi connectivity index (χ0v) is 18.4. The van der Waals surface area contributed by atoms with Gasteiger partial charge in [0.05, 0.1) is 18.6 Å². The second-order valence-electron chi connectivity index (χ2n) is 7.54. The topological polar surface area (TPSA) is 55.8 Å². The molecule has 5 nitrogen and oxygen atoms in total. The van der Waals surface area contributed by atoms with Gasteiger partial charge in [0.1, 0.15) is 11.3 Å². The Hall–Kier alpha value is -2.93. The lowest BCUT2D eigenvalue weighted by molar-refractivity contribution is 0.0677. The Kier molecular flexibility index (Phi) is 5.71. The van der Waals surface area contributed by atoms with E-state index in [1.165, 1.54) is 4.31 Å². The number of rotatable bonds is 6. The maximum absolute atomic E-state index is 14.0. The number of methoxy groups -OCH3 is 1. The number of benzene rings is 3. The van der Waals surface area contributed by atoms with Crippen LogP contribution in [0.4, 0.5) is 0 Å². The molecule has 160 valence electrons. The third-order valence-corrected chi connectivity index (χ3v) is 7.56. The predicted molar refractivity (Wildman–Crippen MR) is 120 cm³/mol. The van der Waals surface area contributed by atoms with Gasteiger partial charge >= 0.3 is 0 Å². The van der Waals surface area contributed by atoms with E-state index in [-0.39, 0.29) is 11.5 Å². The normalized spacial score (nSPS) is 21.7. The summed E-state index contributed by atoms with van der Waals surface area (Å²) in [6.45, 7) is 6.09. The Morgan fingerprint density at radius 1 is 1.03 bits per heavy atom. The molecule has 0 radical (unpaired) electrons. The SMILES string of the molecule is C=C[C@@]1(c2ccccc2)CO[C@H](c2ccc(OC)cc2)N1S(=O)(=O)c1ccc(C)cc1. The van der Waals surface area contributed by atoms with Gasteiger partial charge < -0.3 is 9.47 Å². The van der Waals surface area contributed by atoms with Crippen molar-refractivity contribution in [1.29, 1.82) is 0 Å². The van der Waals surface area contributed by atoms with Crippen molar-refractivity contribution in [2.24, 2.45) is 0 Å². The van der Waals surface area contributed by atoms with Crippen LogP contribution in [-0.2, 0) is 20.3 Å². The molecule has 1 fully saturated rings. The van der Waals surface area contributed by atoms with E-state index in [0.717, 1.165) is 16.7 Å². The highest BCUT2D eigenvalue weighted by atomic mass is 32.2. The molecule has 6 heteroatoms. The summed E-state index contributed by atoms with van der Waals surface area (Å²) >= 11 is 0. The van der Waals surface area contributed by atoms with Crippen LogP contribution < -0.4 is 4.74 Å². The van der Waals surface area contributed by atoms with Gasteiger partial charge in [-0.25, -0.2) is 8.42 Å². The third kappa shape index (κ3) is 3.67. The van der Waals surface area contributed by atoms with Gasteiger partial charge in [0.15, 0.2) is 6.23 Å². The second-order valence-corrected chi connectivity index (χ2v) is 9.36. The van der Waals surface area contributed by atoms with Gasteiger partial charge in [0.2, 0.25) is 10.0 Å². The standard InChI is InChI=1S/C25H25NO4S/c1-4-25(21-8-6-5-7-9-21)18-30-24(20-12-14-22(29-3)15-13-20)26(25)31(27,28)23-16-10-19(2)11-17-23/h4-17,24H,1,18H2,2-3H3/t24-,25+/m1/s1. The molecular weight excluding hydrogens is 410 g/mol. The van der Waals surface area contributed by atoms with Crippen LogP contribution in [0.5, 0.6) is 5.75 Å². The van der Waals surface area contributed by atoms with Crippen molar-refractivity contribution in [1.82, 2.24) is 4.31 Å². The Morgan fingerprint density at radius 2 is 1.68 bits per heavy atom. The molecular formula is C25H25NO4S. The molecule has 1 saturated heterocycles. The van der Waals surface area contributed by atoms with E-state index in [1.54, 1.807) is 49.6 Å². The molecule has 1 aliphatic heterocycles. The van der Waals surface area contributed by atoms with E-state index in [0.29, 0.717) is 5.75 Å². The zero-order valence-electron chi connectivity index (χ0n) is 17.6. The lowest BCUT2D eigenvalue weighted by Gasteiger charge is -2.36. The van der Waals surface area contributed by atoms with E-state index >= 15 is 0 Å². The molecule has 0 unspecified atom stereocenters. The van der Waals surface area contributed by atoms with Crippen molar-refractivity contribution < 1.29 is 17.9 Å². The molecule has 0 spiro atoms.